The fraction of sp³-hybridized carbons (Fsp3) is 0.889. The lowest BCUT2D eigenvalue weighted by Gasteiger charge is -2.07. The minimum Gasteiger partial charge on any atom is -0.369 e. The van der Waals surface area contributed by atoms with E-state index in [1.807, 2.05) is 13.8 Å². The molecule has 0 aromatic rings. The van der Waals surface area contributed by atoms with Crippen LogP contribution in [0.5, 0.6) is 0 Å². The van der Waals surface area contributed by atoms with Crippen molar-refractivity contribution in [2.45, 2.75) is 26.4 Å². The van der Waals surface area contributed by atoms with Crippen LogP contribution < -0.4 is 5.32 Å². The van der Waals surface area contributed by atoms with E-state index in [1.165, 1.54) is 0 Å². The predicted octanol–water partition coefficient (Wildman–Crippen LogP) is 0.296. The van der Waals surface area contributed by atoms with Gasteiger partial charge < -0.3 is 10.1 Å². The Morgan fingerprint density at radius 2 is 2.14 bits per heavy atom. The lowest BCUT2D eigenvalue weighted by atomic mass is 10.4. The molecule has 0 radical (unpaired) electrons. The summed E-state index contributed by atoms with van der Waals surface area (Å²) in [5.41, 5.74) is 0. The van der Waals surface area contributed by atoms with Gasteiger partial charge >= 0.3 is 0 Å². The Kier molecular flexibility index (Phi) is 7.70. The summed E-state index contributed by atoms with van der Waals surface area (Å²) in [5.74, 6) is 0.520. The van der Waals surface area contributed by atoms with Crippen molar-refractivity contribution in [3.05, 3.63) is 0 Å². The Morgan fingerprint density at radius 3 is 2.64 bits per heavy atom. The van der Waals surface area contributed by atoms with Crippen LogP contribution in [0, 0.1) is 0 Å². The molecule has 1 amide bonds. The van der Waals surface area contributed by atoms with Gasteiger partial charge in [0.2, 0.25) is 5.91 Å². The maximum atomic E-state index is 11.1. The minimum atomic E-state index is -0.774. The van der Waals surface area contributed by atoms with Crippen LogP contribution in [0.4, 0.5) is 0 Å². The standard InChI is InChI=1S/C9H19NO3S/c1-8(2)13-7-9(11)10-5-4-6-14(3)12/h8H,4-7H2,1-3H3,(H,10,11). The van der Waals surface area contributed by atoms with Gasteiger partial charge in [0.05, 0.1) is 6.10 Å². The van der Waals surface area contributed by atoms with Crippen molar-refractivity contribution in [2.24, 2.45) is 0 Å². The summed E-state index contributed by atoms with van der Waals surface area (Å²) in [7, 11) is -0.774. The molecular formula is C9H19NO3S. The molecule has 0 rings (SSSR count). The van der Waals surface area contributed by atoms with E-state index in [2.05, 4.69) is 5.32 Å². The average Bonchev–Trinajstić information content (AvgIpc) is 2.08. The third kappa shape index (κ3) is 9.67. The number of hydrogen-bond donors (Lipinski definition) is 1. The lowest BCUT2D eigenvalue weighted by Crippen LogP contribution is -2.30. The van der Waals surface area contributed by atoms with Crippen molar-refractivity contribution in [1.29, 1.82) is 0 Å². The number of amides is 1. The van der Waals surface area contributed by atoms with E-state index in [-0.39, 0.29) is 18.6 Å². The second-order valence-electron chi connectivity index (χ2n) is 3.34. The van der Waals surface area contributed by atoms with Crippen LogP contribution in [-0.4, -0.2) is 41.4 Å². The number of ether oxygens (including phenoxy) is 1. The van der Waals surface area contributed by atoms with E-state index in [9.17, 15) is 9.00 Å². The first-order chi connectivity index (χ1) is 6.52. The molecule has 5 heteroatoms. The first kappa shape index (κ1) is 13.6. The highest BCUT2D eigenvalue weighted by atomic mass is 32.2. The molecule has 1 unspecified atom stereocenters. The molecule has 0 aromatic carbocycles. The zero-order valence-corrected chi connectivity index (χ0v) is 9.86. The zero-order valence-electron chi connectivity index (χ0n) is 9.04. The third-order valence-electron chi connectivity index (χ3n) is 1.48. The topological polar surface area (TPSA) is 55.4 Å². The van der Waals surface area contributed by atoms with Crippen LogP contribution in [0.2, 0.25) is 0 Å². The molecule has 1 N–H and O–H groups in total. The Labute approximate surface area is 87.9 Å². The largest absolute Gasteiger partial charge is 0.369 e. The Bertz CT molecular complexity index is 194. The van der Waals surface area contributed by atoms with Gasteiger partial charge in [-0.2, -0.15) is 0 Å². The van der Waals surface area contributed by atoms with Gasteiger partial charge in [0.1, 0.15) is 6.61 Å². The Hall–Kier alpha value is -0.420. The predicted molar refractivity (Wildman–Crippen MR) is 57.6 cm³/mol. The first-order valence-electron chi connectivity index (χ1n) is 4.70. The second-order valence-corrected chi connectivity index (χ2v) is 4.90. The summed E-state index contributed by atoms with van der Waals surface area (Å²) in [6.45, 7) is 4.44. The molecule has 0 fully saturated rings. The minimum absolute atomic E-state index is 0.0731. The van der Waals surface area contributed by atoms with E-state index >= 15 is 0 Å². The van der Waals surface area contributed by atoms with Crippen LogP contribution in [0.3, 0.4) is 0 Å². The molecule has 0 aromatic heterocycles. The molecule has 0 spiro atoms. The zero-order chi connectivity index (χ0) is 11.0. The van der Waals surface area contributed by atoms with Gasteiger partial charge in [-0.15, -0.1) is 0 Å². The van der Waals surface area contributed by atoms with Crippen molar-refractivity contribution in [3.63, 3.8) is 0 Å². The van der Waals surface area contributed by atoms with Gasteiger partial charge in [0, 0.05) is 29.4 Å². The molecule has 14 heavy (non-hydrogen) atoms. The fourth-order valence-corrected chi connectivity index (χ4v) is 1.35. The van der Waals surface area contributed by atoms with Gasteiger partial charge in [-0.1, -0.05) is 0 Å². The molecule has 0 bridgehead atoms. The molecular weight excluding hydrogens is 202 g/mol. The monoisotopic (exact) mass is 221 g/mol. The fourth-order valence-electron chi connectivity index (χ4n) is 0.797. The number of hydrogen-bond acceptors (Lipinski definition) is 3. The maximum Gasteiger partial charge on any atom is 0.246 e. The van der Waals surface area contributed by atoms with E-state index < -0.39 is 10.8 Å². The van der Waals surface area contributed by atoms with Gasteiger partial charge in [-0.05, 0) is 20.3 Å². The Morgan fingerprint density at radius 1 is 1.50 bits per heavy atom. The highest BCUT2D eigenvalue weighted by Crippen LogP contribution is 1.87. The maximum absolute atomic E-state index is 11.1. The summed E-state index contributed by atoms with van der Waals surface area (Å²) in [6, 6.07) is 0. The van der Waals surface area contributed by atoms with E-state index in [4.69, 9.17) is 4.74 Å². The molecule has 0 saturated carbocycles. The highest BCUT2D eigenvalue weighted by molar-refractivity contribution is 7.84. The normalized spacial score (nSPS) is 12.9. The highest BCUT2D eigenvalue weighted by Gasteiger charge is 2.02. The molecule has 0 aliphatic carbocycles. The number of rotatable bonds is 7. The number of carbonyl (C=O) groups excluding carboxylic acids is 1. The number of carbonyl (C=O) groups is 1. The molecule has 0 saturated heterocycles. The molecule has 0 heterocycles. The summed E-state index contributed by atoms with van der Waals surface area (Å²) in [4.78, 5) is 11.1. The van der Waals surface area contributed by atoms with Crippen LogP contribution in [-0.2, 0) is 20.3 Å². The molecule has 0 aliphatic rings. The summed E-state index contributed by atoms with van der Waals surface area (Å²) < 4.78 is 15.8. The van der Waals surface area contributed by atoms with Crippen molar-refractivity contribution < 1.29 is 13.7 Å². The average molecular weight is 221 g/mol. The molecule has 1 atom stereocenters. The summed E-state index contributed by atoms with van der Waals surface area (Å²) >= 11 is 0. The number of nitrogens with one attached hydrogen (secondary N) is 1. The lowest BCUT2D eigenvalue weighted by molar-refractivity contribution is -0.127. The van der Waals surface area contributed by atoms with Gasteiger partial charge in [-0.3, -0.25) is 9.00 Å². The van der Waals surface area contributed by atoms with Crippen LogP contribution in [0.25, 0.3) is 0 Å². The smallest absolute Gasteiger partial charge is 0.246 e. The first-order valence-corrected chi connectivity index (χ1v) is 6.43. The molecule has 4 nitrogen and oxygen atoms in total. The van der Waals surface area contributed by atoms with Gasteiger partial charge in [0.15, 0.2) is 0 Å². The third-order valence-corrected chi connectivity index (χ3v) is 2.34. The van der Waals surface area contributed by atoms with E-state index in [1.54, 1.807) is 6.26 Å². The Balaban J connectivity index is 3.31. The summed E-state index contributed by atoms with van der Waals surface area (Å²) in [6.07, 6.45) is 2.48. The van der Waals surface area contributed by atoms with Crippen molar-refractivity contribution in [1.82, 2.24) is 5.32 Å². The van der Waals surface area contributed by atoms with Crippen molar-refractivity contribution >= 4 is 16.7 Å². The SMILES string of the molecule is CC(C)OCC(=O)NCCCS(C)=O. The van der Waals surface area contributed by atoms with Crippen LogP contribution in [0.1, 0.15) is 20.3 Å². The van der Waals surface area contributed by atoms with Gasteiger partial charge in [0.25, 0.3) is 0 Å². The van der Waals surface area contributed by atoms with Crippen LogP contribution >= 0.6 is 0 Å². The second kappa shape index (κ2) is 7.94. The molecule has 84 valence electrons. The van der Waals surface area contributed by atoms with Crippen molar-refractivity contribution in [2.75, 3.05) is 25.2 Å². The van der Waals surface area contributed by atoms with E-state index in [0.717, 1.165) is 6.42 Å². The van der Waals surface area contributed by atoms with Gasteiger partial charge in [-0.25, -0.2) is 0 Å². The van der Waals surface area contributed by atoms with Crippen molar-refractivity contribution in [3.8, 4) is 0 Å². The quantitative estimate of drug-likeness (QED) is 0.629. The van der Waals surface area contributed by atoms with E-state index in [0.29, 0.717) is 12.3 Å². The summed E-state index contributed by atoms with van der Waals surface area (Å²) in [5, 5.41) is 2.70. The molecule has 0 aliphatic heterocycles. The van der Waals surface area contributed by atoms with Crippen LogP contribution in [0.15, 0.2) is 0 Å².